The van der Waals surface area contributed by atoms with Crippen LogP contribution in [0.2, 0.25) is 0 Å². The maximum absolute atomic E-state index is 12.2. The van der Waals surface area contributed by atoms with Gasteiger partial charge < -0.3 is 10.2 Å². The molecule has 0 aromatic carbocycles. The van der Waals surface area contributed by atoms with Gasteiger partial charge in [-0.15, -0.1) is 0 Å². The molecule has 0 radical (unpaired) electrons. The van der Waals surface area contributed by atoms with Gasteiger partial charge in [-0.3, -0.25) is 9.78 Å². The van der Waals surface area contributed by atoms with E-state index in [1.54, 1.807) is 12.4 Å². The molecule has 94 valence electrons. The highest BCUT2D eigenvalue weighted by molar-refractivity contribution is 5.83. The molecule has 0 saturated carbocycles. The van der Waals surface area contributed by atoms with Gasteiger partial charge in [0.2, 0.25) is 5.91 Å². The van der Waals surface area contributed by atoms with Crippen molar-refractivity contribution in [2.75, 3.05) is 6.54 Å². The van der Waals surface area contributed by atoms with Gasteiger partial charge in [-0.25, -0.2) is 0 Å². The fraction of sp³-hybridized carbons (Fsp3) is 0.462. The van der Waals surface area contributed by atoms with E-state index in [2.05, 4.69) is 10.3 Å². The number of nitrogens with zero attached hydrogens (tertiary/aromatic N) is 3. The number of amides is 1. The highest BCUT2D eigenvalue weighted by Crippen LogP contribution is 2.14. The van der Waals surface area contributed by atoms with Gasteiger partial charge in [-0.05, 0) is 18.6 Å². The van der Waals surface area contributed by atoms with Crippen molar-refractivity contribution in [1.82, 2.24) is 15.2 Å². The topological polar surface area (TPSA) is 69.0 Å². The molecule has 1 aromatic rings. The molecule has 2 atom stereocenters. The van der Waals surface area contributed by atoms with E-state index in [0.29, 0.717) is 6.54 Å². The number of hydrogen-bond donors (Lipinski definition) is 1. The standard InChI is InChI=1S/C13H16N4O/c1-10-7-16-12(4-5-14)13(18)17(10)9-11-3-2-6-15-8-11/h2-3,6,8,10,12,16H,4,7,9H2,1H3. The molecule has 0 aliphatic carbocycles. The fourth-order valence-electron chi connectivity index (χ4n) is 2.10. The van der Waals surface area contributed by atoms with E-state index in [9.17, 15) is 4.79 Å². The van der Waals surface area contributed by atoms with Crippen LogP contribution in [0.15, 0.2) is 24.5 Å². The van der Waals surface area contributed by atoms with Gasteiger partial charge in [0.1, 0.15) is 6.04 Å². The number of nitrogens with one attached hydrogen (secondary N) is 1. The quantitative estimate of drug-likeness (QED) is 0.849. The Kier molecular flexibility index (Phi) is 3.90. The van der Waals surface area contributed by atoms with Crippen LogP contribution in [0.1, 0.15) is 18.9 Å². The van der Waals surface area contributed by atoms with E-state index in [1.165, 1.54) is 0 Å². The summed E-state index contributed by atoms with van der Waals surface area (Å²) in [6, 6.07) is 5.62. The molecule has 2 heterocycles. The van der Waals surface area contributed by atoms with E-state index in [4.69, 9.17) is 5.26 Å². The summed E-state index contributed by atoms with van der Waals surface area (Å²) in [6.45, 7) is 3.28. The Bertz CT molecular complexity index is 454. The lowest BCUT2D eigenvalue weighted by atomic mass is 10.1. The minimum atomic E-state index is -0.372. The van der Waals surface area contributed by atoms with Crippen LogP contribution in [0.3, 0.4) is 0 Å². The van der Waals surface area contributed by atoms with Gasteiger partial charge in [0.15, 0.2) is 0 Å². The van der Waals surface area contributed by atoms with Crippen molar-refractivity contribution in [3.05, 3.63) is 30.1 Å². The Labute approximate surface area is 106 Å². The fourth-order valence-corrected chi connectivity index (χ4v) is 2.10. The molecule has 0 bridgehead atoms. The van der Waals surface area contributed by atoms with Crippen LogP contribution in [0.4, 0.5) is 0 Å². The summed E-state index contributed by atoms with van der Waals surface area (Å²) in [4.78, 5) is 18.1. The largest absolute Gasteiger partial charge is 0.333 e. The normalized spacial score (nSPS) is 23.8. The highest BCUT2D eigenvalue weighted by atomic mass is 16.2. The van der Waals surface area contributed by atoms with E-state index >= 15 is 0 Å². The van der Waals surface area contributed by atoms with Gasteiger partial charge in [-0.1, -0.05) is 6.07 Å². The van der Waals surface area contributed by atoms with Gasteiger partial charge in [0, 0.05) is 31.5 Å². The number of piperazine rings is 1. The average molecular weight is 244 g/mol. The van der Waals surface area contributed by atoms with Crippen LogP contribution in [-0.2, 0) is 11.3 Å². The Hall–Kier alpha value is -1.93. The molecule has 1 saturated heterocycles. The number of aromatic nitrogens is 1. The summed E-state index contributed by atoms with van der Waals surface area (Å²) in [6.07, 6.45) is 3.70. The smallest absolute Gasteiger partial charge is 0.241 e. The van der Waals surface area contributed by atoms with E-state index in [-0.39, 0.29) is 24.4 Å². The zero-order valence-corrected chi connectivity index (χ0v) is 10.3. The van der Waals surface area contributed by atoms with Gasteiger partial charge in [0.05, 0.1) is 12.5 Å². The highest BCUT2D eigenvalue weighted by Gasteiger charge is 2.32. The molecule has 1 aromatic heterocycles. The summed E-state index contributed by atoms with van der Waals surface area (Å²) in [7, 11) is 0. The van der Waals surface area contributed by atoms with Crippen LogP contribution in [0, 0.1) is 11.3 Å². The van der Waals surface area contributed by atoms with Crippen molar-refractivity contribution in [3.8, 4) is 6.07 Å². The molecule has 5 heteroatoms. The molecule has 18 heavy (non-hydrogen) atoms. The molecule has 1 fully saturated rings. The maximum atomic E-state index is 12.2. The minimum Gasteiger partial charge on any atom is -0.333 e. The van der Waals surface area contributed by atoms with Gasteiger partial charge in [-0.2, -0.15) is 5.26 Å². The summed E-state index contributed by atoms with van der Waals surface area (Å²) in [5.41, 5.74) is 1.01. The van der Waals surface area contributed by atoms with Gasteiger partial charge in [0.25, 0.3) is 0 Å². The van der Waals surface area contributed by atoms with Crippen LogP contribution >= 0.6 is 0 Å². The molecule has 0 spiro atoms. The van der Waals surface area contributed by atoms with Crippen LogP contribution in [0.25, 0.3) is 0 Å². The number of carbonyl (C=O) groups excluding carboxylic acids is 1. The van der Waals surface area contributed by atoms with E-state index < -0.39 is 0 Å². The predicted molar refractivity (Wildman–Crippen MR) is 66.3 cm³/mol. The molecule has 2 unspecified atom stereocenters. The first kappa shape index (κ1) is 12.5. The van der Waals surface area contributed by atoms with E-state index in [1.807, 2.05) is 30.0 Å². The minimum absolute atomic E-state index is 0.000784. The second-order valence-electron chi connectivity index (χ2n) is 4.50. The number of rotatable bonds is 3. The Balaban J connectivity index is 2.10. The molecular formula is C13H16N4O. The predicted octanol–water partition coefficient (Wildman–Crippen LogP) is 0.684. The molecular weight excluding hydrogens is 228 g/mol. The van der Waals surface area contributed by atoms with Crippen LogP contribution in [-0.4, -0.2) is 34.4 Å². The molecule has 5 nitrogen and oxygen atoms in total. The second-order valence-corrected chi connectivity index (χ2v) is 4.50. The monoisotopic (exact) mass is 244 g/mol. The second kappa shape index (κ2) is 5.61. The van der Waals surface area contributed by atoms with Gasteiger partial charge >= 0.3 is 0 Å². The van der Waals surface area contributed by atoms with Crippen molar-refractivity contribution >= 4 is 5.91 Å². The Morgan fingerprint density at radius 1 is 1.67 bits per heavy atom. The Morgan fingerprint density at radius 3 is 3.17 bits per heavy atom. The van der Waals surface area contributed by atoms with E-state index in [0.717, 1.165) is 12.1 Å². The van der Waals surface area contributed by atoms with Crippen molar-refractivity contribution < 1.29 is 4.79 Å². The summed E-state index contributed by atoms with van der Waals surface area (Å²) in [5, 5.41) is 11.8. The summed E-state index contributed by atoms with van der Waals surface area (Å²) >= 11 is 0. The van der Waals surface area contributed by atoms with Crippen molar-refractivity contribution in [3.63, 3.8) is 0 Å². The third-order valence-corrected chi connectivity index (χ3v) is 3.14. The van der Waals surface area contributed by atoms with Crippen LogP contribution < -0.4 is 5.32 Å². The molecule has 1 N–H and O–H groups in total. The van der Waals surface area contributed by atoms with Crippen molar-refractivity contribution in [2.45, 2.75) is 32.0 Å². The third kappa shape index (κ3) is 2.66. The summed E-state index contributed by atoms with van der Waals surface area (Å²) in [5.74, 6) is -0.000784. The first-order valence-corrected chi connectivity index (χ1v) is 6.02. The number of pyridine rings is 1. The van der Waals surface area contributed by atoms with Crippen molar-refractivity contribution in [2.24, 2.45) is 0 Å². The number of hydrogen-bond acceptors (Lipinski definition) is 4. The molecule has 2 rings (SSSR count). The molecule has 1 aliphatic rings. The Morgan fingerprint density at radius 2 is 2.50 bits per heavy atom. The molecule has 1 amide bonds. The lowest BCUT2D eigenvalue weighted by Gasteiger charge is -2.37. The lowest BCUT2D eigenvalue weighted by molar-refractivity contribution is -0.138. The number of carbonyl (C=O) groups is 1. The zero-order chi connectivity index (χ0) is 13.0. The van der Waals surface area contributed by atoms with Crippen LogP contribution in [0.5, 0.6) is 0 Å². The average Bonchev–Trinajstić information content (AvgIpc) is 2.39. The summed E-state index contributed by atoms with van der Waals surface area (Å²) < 4.78 is 0. The lowest BCUT2D eigenvalue weighted by Crippen LogP contribution is -2.58. The zero-order valence-electron chi connectivity index (χ0n) is 10.3. The maximum Gasteiger partial charge on any atom is 0.241 e. The third-order valence-electron chi connectivity index (χ3n) is 3.14. The first-order chi connectivity index (χ1) is 8.72. The van der Waals surface area contributed by atoms with Crippen molar-refractivity contribution in [1.29, 1.82) is 5.26 Å². The first-order valence-electron chi connectivity index (χ1n) is 6.02. The number of nitriles is 1. The molecule has 1 aliphatic heterocycles. The SMILES string of the molecule is CC1CNC(CC#N)C(=O)N1Cc1cccnc1.